The normalized spacial score (nSPS) is 15.8. The molecule has 2 heterocycles. The van der Waals surface area contributed by atoms with Gasteiger partial charge in [-0.1, -0.05) is 23.5 Å². The molecule has 3 rings (SSSR count). The molecule has 0 spiro atoms. The minimum atomic E-state index is -4.32. The Morgan fingerprint density at radius 3 is 2.35 bits per heavy atom. The first-order valence-electron chi connectivity index (χ1n) is 7.15. The summed E-state index contributed by atoms with van der Waals surface area (Å²) in [6.45, 7) is 2.67. The quantitative estimate of drug-likeness (QED) is 0.853. The van der Waals surface area contributed by atoms with Crippen LogP contribution in [0.25, 0.3) is 0 Å². The Kier molecular flexibility index (Phi) is 4.34. The smallest absolute Gasteiger partial charge is 0.427 e. The van der Waals surface area contributed by atoms with Crippen LogP contribution >= 0.6 is 11.3 Å². The maximum Gasteiger partial charge on any atom is 0.427 e. The van der Waals surface area contributed by atoms with Crippen molar-refractivity contribution >= 4 is 22.2 Å². The molecule has 1 saturated heterocycles. The number of aromatic nitrogens is 1. The molecule has 0 radical (unpaired) electrons. The van der Waals surface area contributed by atoms with Gasteiger partial charge in [-0.2, -0.15) is 13.2 Å². The van der Waals surface area contributed by atoms with Crippen molar-refractivity contribution in [3.63, 3.8) is 0 Å². The molecule has 1 aromatic heterocycles. The van der Waals surface area contributed by atoms with Crippen molar-refractivity contribution in [1.29, 1.82) is 0 Å². The third-order valence-electron chi connectivity index (χ3n) is 3.75. The predicted octanol–water partition coefficient (Wildman–Crippen LogP) is 3.50. The van der Waals surface area contributed by atoms with Gasteiger partial charge in [0.25, 0.3) is 0 Å². The largest absolute Gasteiger partial charge is 0.495 e. The zero-order valence-corrected chi connectivity index (χ0v) is 13.3. The number of alkyl halides is 3. The lowest BCUT2D eigenvalue weighted by Crippen LogP contribution is -2.46. The molecular weight excluding hydrogens is 327 g/mol. The maximum absolute atomic E-state index is 12.7. The Morgan fingerprint density at radius 1 is 1.09 bits per heavy atom. The van der Waals surface area contributed by atoms with Gasteiger partial charge in [-0.3, -0.25) is 0 Å². The van der Waals surface area contributed by atoms with Crippen LogP contribution in [0.2, 0.25) is 0 Å². The molecular formula is C15H16F3N3OS. The topological polar surface area (TPSA) is 28.6 Å². The molecule has 0 amide bonds. The highest BCUT2D eigenvalue weighted by molar-refractivity contribution is 7.15. The summed E-state index contributed by atoms with van der Waals surface area (Å²) in [4.78, 5) is 7.33. The van der Waals surface area contributed by atoms with Crippen LogP contribution in [0.1, 0.15) is 4.88 Å². The number of hydrogen-bond acceptors (Lipinski definition) is 5. The van der Waals surface area contributed by atoms with Crippen molar-refractivity contribution in [2.75, 3.05) is 43.1 Å². The standard InChI is InChI=1S/C15H16F3N3OS/c1-22-12-5-3-2-4-11(12)20-6-8-21(9-7-20)14-19-10-13(23-14)15(16,17)18/h2-5,10H,6-9H2,1H3. The van der Waals surface area contributed by atoms with Crippen LogP contribution in [0.5, 0.6) is 5.75 Å². The molecule has 23 heavy (non-hydrogen) atoms. The van der Waals surface area contributed by atoms with Gasteiger partial charge >= 0.3 is 6.18 Å². The zero-order valence-electron chi connectivity index (χ0n) is 12.5. The molecule has 0 N–H and O–H groups in total. The predicted molar refractivity (Wildman–Crippen MR) is 84.5 cm³/mol. The second kappa shape index (κ2) is 6.27. The second-order valence-electron chi connectivity index (χ2n) is 5.15. The molecule has 0 saturated carbocycles. The van der Waals surface area contributed by atoms with Gasteiger partial charge in [0.1, 0.15) is 10.6 Å². The van der Waals surface area contributed by atoms with Gasteiger partial charge in [0.05, 0.1) is 19.0 Å². The summed E-state index contributed by atoms with van der Waals surface area (Å²) >= 11 is 0.698. The summed E-state index contributed by atoms with van der Waals surface area (Å²) in [6, 6.07) is 7.74. The average molecular weight is 343 g/mol. The number of rotatable bonds is 3. The lowest BCUT2D eigenvalue weighted by Gasteiger charge is -2.36. The van der Waals surface area contributed by atoms with Gasteiger partial charge in [-0.15, -0.1) is 0 Å². The fraction of sp³-hybridized carbons (Fsp3) is 0.400. The lowest BCUT2D eigenvalue weighted by molar-refractivity contribution is -0.134. The van der Waals surface area contributed by atoms with Gasteiger partial charge in [0.15, 0.2) is 5.13 Å². The van der Waals surface area contributed by atoms with Crippen molar-refractivity contribution in [2.24, 2.45) is 0 Å². The fourth-order valence-electron chi connectivity index (χ4n) is 2.57. The SMILES string of the molecule is COc1ccccc1N1CCN(c2ncc(C(F)(F)F)s2)CC1. The molecule has 124 valence electrons. The zero-order chi connectivity index (χ0) is 16.4. The number of ether oxygens (including phenoxy) is 1. The van der Waals surface area contributed by atoms with E-state index in [0.717, 1.165) is 17.6 Å². The Labute approximate surface area is 136 Å². The summed E-state index contributed by atoms with van der Waals surface area (Å²) in [6.07, 6.45) is -3.41. The van der Waals surface area contributed by atoms with Gasteiger partial charge < -0.3 is 14.5 Å². The van der Waals surface area contributed by atoms with E-state index in [9.17, 15) is 13.2 Å². The van der Waals surface area contributed by atoms with Gasteiger partial charge in [-0.05, 0) is 12.1 Å². The van der Waals surface area contributed by atoms with E-state index < -0.39 is 11.1 Å². The molecule has 8 heteroatoms. The average Bonchev–Trinajstić information content (AvgIpc) is 3.05. The first-order valence-corrected chi connectivity index (χ1v) is 7.96. The van der Waals surface area contributed by atoms with E-state index in [1.807, 2.05) is 29.2 Å². The number of benzene rings is 1. The highest BCUT2D eigenvalue weighted by Crippen LogP contribution is 2.37. The van der Waals surface area contributed by atoms with E-state index >= 15 is 0 Å². The molecule has 1 aliphatic heterocycles. The fourth-order valence-corrected chi connectivity index (χ4v) is 3.41. The van der Waals surface area contributed by atoms with Crippen LogP contribution in [0, 0.1) is 0 Å². The molecule has 0 atom stereocenters. The van der Waals surface area contributed by atoms with Crippen molar-refractivity contribution in [3.05, 3.63) is 35.3 Å². The Bertz CT molecular complexity index is 666. The maximum atomic E-state index is 12.7. The van der Waals surface area contributed by atoms with Crippen molar-refractivity contribution < 1.29 is 17.9 Å². The lowest BCUT2D eigenvalue weighted by atomic mass is 10.2. The van der Waals surface area contributed by atoms with Crippen LogP contribution < -0.4 is 14.5 Å². The molecule has 1 fully saturated rings. The van der Waals surface area contributed by atoms with E-state index in [4.69, 9.17) is 4.74 Å². The Morgan fingerprint density at radius 2 is 1.74 bits per heavy atom. The second-order valence-corrected chi connectivity index (χ2v) is 6.16. The van der Waals surface area contributed by atoms with Gasteiger partial charge in [-0.25, -0.2) is 4.98 Å². The minimum absolute atomic E-state index is 0.428. The Hall–Kier alpha value is -1.96. The van der Waals surface area contributed by atoms with Crippen molar-refractivity contribution in [3.8, 4) is 5.75 Å². The summed E-state index contributed by atoms with van der Waals surface area (Å²) in [5, 5.41) is 0.428. The Balaban J connectivity index is 1.68. The van der Waals surface area contributed by atoms with Crippen LogP contribution in [0.15, 0.2) is 30.5 Å². The summed E-state index contributed by atoms with van der Waals surface area (Å²) in [7, 11) is 1.63. The summed E-state index contributed by atoms with van der Waals surface area (Å²) < 4.78 is 43.4. The molecule has 4 nitrogen and oxygen atoms in total. The van der Waals surface area contributed by atoms with Crippen LogP contribution in [0.3, 0.4) is 0 Å². The number of nitrogens with zero attached hydrogens (tertiary/aromatic N) is 3. The first-order chi connectivity index (χ1) is 11.0. The third kappa shape index (κ3) is 3.36. The van der Waals surface area contributed by atoms with E-state index in [1.165, 1.54) is 0 Å². The van der Waals surface area contributed by atoms with E-state index in [1.54, 1.807) is 7.11 Å². The monoisotopic (exact) mass is 343 g/mol. The van der Waals surface area contributed by atoms with Gasteiger partial charge in [0, 0.05) is 26.2 Å². The molecule has 0 unspecified atom stereocenters. The molecule has 2 aromatic rings. The van der Waals surface area contributed by atoms with Crippen LogP contribution in [-0.2, 0) is 6.18 Å². The highest BCUT2D eigenvalue weighted by atomic mass is 32.1. The van der Waals surface area contributed by atoms with Gasteiger partial charge in [0.2, 0.25) is 0 Å². The molecule has 0 aliphatic carbocycles. The van der Waals surface area contributed by atoms with E-state index in [-0.39, 0.29) is 0 Å². The van der Waals surface area contributed by atoms with Crippen molar-refractivity contribution in [2.45, 2.75) is 6.18 Å². The first kappa shape index (κ1) is 15.9. The molecule has 1 aromatic carbocycles. The number of thiazole rings is 1. The number of anilines is 2. The van der Waals surface area contributed by atoms with E-state index in [0.29, 0.717) is 42.6 Å². The number of halogens is 3. The minimum Gasteiger partial charge on any atom is -0.495 e. The number of methoxy groups -OCH3 is 1. The highest BCUT2D eigenvalue weighted by Gasteiger charge is 2.34. The third-order valence-corrected chi connectivity index (χ3v) is 4.85. The number of hydrogen-bond donors (Lipinski definition) is 0. The summed E-state index contributed by atoms with van der Waals surface area (Å²) in [5.41, 5.74) is 1.00. The molecule has 0 bridgehead atoms. The van der Waals surface area contributed by atoms with Crippen LogP contribution in [-0.4, -0.2) is 38.3 Å². The molecule has 1 aliphatic rings. The van der Waals surface area contributed by atoms with Crippen LogP contribution in [0.4, 0.5) is 24.0 Å². The van der Waals surface area contributed by atoms with E-state index in [2.05, 4.69) is 9.88 Å². The number of para-hydroxylation sites is 2. The summed E-state index contributed by atoms with van der Waals surface area (Å²) in [5.74, 6) is 0.801. The number of piperazine rings is 1. The van der Waals surface area contributed by atoms with Crippen molar-refractivity contribution in [1.82, 2.24) is 4.98 Å².